The van der Waals surface area contributed by atoms with Crippen molar-refractivity contribution in [3.05, 3.63) is 30.1 Å². The smallest absolute Gasteiger partial charge is 0.220 e. The van der Waals surface area contributed by atoms with Gasteiger partial charge in [0.15, 0.2) is 0 Å². The van der Waals surface area contributed by atoms with Crippen LogP contribution < -0.4 is 5.32 Å². The summed E-state index contributed by atoms with van der Waals surface area (Å²) in [5.41, 5.74) is 1.09. The van der Waals surface area contributed by atoms with Crippen molar-refractivity contribution >= 4 is 15.9 Å². The van der Waals surface area contributed by atoms with Gasteiger partial charge in [-0.25, -0.2) is 12.7 Å². The number of carbonyl (C=O) groups is 1. The van der Waals surface area contributed by atoms with E-state index in [9.17, 15) is 13.2 Å². The highest BCUT2D eigenvalue weighted by molar-refractivity contribution is 7.88. The topological polar surface area (TPSA) is 79.4 Å². The monoisotopic (exact) mass is 325 g/mol. The second kappa shape index (κ2) is 7.69. The van der Waals surface area contributed by atoms with Gasteiger partial charge in [-0.2, -0.15) is 0 Å². The molecule has 22 heavy (non-hydrogen) atoms. The zero-order valence-corrected chi connectivity index (χ0v) is 13.7. The first-order valence-corrected chi connectivity index (χ1v) is 9.40. The van der Waals surface area contributed by atoms with Gasteiger partial charge in [-0.15, -0.1) is 0 Å². The number of sulfonamides is 1. The molecule has 0 saturated carbocycles. The molecule has 2 rings (SSSR count). The van der Waals surface area contributed by atoms with Crippen molar-refractivity contribution < 1.29 is 13.2 Å². The highest BCUT2D eigenvalue weighted by Crippen LogP contribution is 2.17. The molecule has 0 aromatic carbocycles. The summed E-state index contributed by atoms with van der Waals surface area (Å²) < 4.78 is 24.6. The normalized spacial score (nSPS) is 19.8. The van der Waals surface area contributed by atoms with Gasteiger partial charge in [-0.1, -0.05) is 0 Å². The molecule has 0 unspecified atom stereocenters. The SMILES string of the molecule is CS(=O)(=O)N1CCC[C@H](CNC(=O)CCc2ccncc2)C1. The van der Waals surface area contributed by atoms with Crippen LogP contribution in [-0.2, 0) is 21.2 Å². The Kier molecular flexibility index (Phi) is 5.90. The molecule has 0 spiro atoms. The lowest BCUT2D eigenvalue weighted by Crippen LogP contribution is -2.43. The first-order chi connectivity index (χ1) is 10.4. The first kappa shape index (κ1) is 16.9. The molecule has 7 heteroatoms. The molecule has 1 aliphatic heterocycles. The van der Waals surface area contributed by atoms with E-state index in [1.54, 1.807) is 12.4 Å². The molecular weight excluding hydrogens is 302 g/mol. The van der Waals surface area contributed by atoms with Crippen molar-refractivity contribution in [3.8, 4) is 0 Å². The van der Waals surface area contributed by atoms with Crippen molar-refractivity contribution in [1.29, 1.82) is 0 Å². The zero-order valence-electron chi connectivity index (χ0n) is 12.9. The van der Waals surface area contributed by atoms with E-state index in [0.29, 0.717) is 32.5 Å². The quantitative estimate of drug-likeness (QED) is 0.839. The second-order valence-corrected chi connectivity index (χ2v) is 7.77. The third kappa shape index (κ3) is 5.38. The van der Waals surface area contributed by atoms with Gasteiger partial charge in [0.25, 0.3) is 0 Å². The lowest BCUT2D eigenvalue weighted by molar-refractivity contribution is -0.121. The molecule has 122 valence electrons. The minimum atomic E-state index is -3.13. The Labute approximate surface area is 132 Å². The summed E-state index contributed by atoms with van der Waals surface area (Å²) in [4.78, 5) is 15.8. The standard InChI is InChI=1S/C15H23N3O3S/c1-22(20,21)18-10-2-3-14(12-18)11-17-15(19)5-4-13-6-8-16-9-7-13/h6-9,14H,2-5,10-12H2,1H3,(H,17,19)/t14-/m1/s1. The summed E-state index contributed by atoms with van der Waals surface area (Å²) >= 11 is 0. The summed E-state index contributed by atoms with van der Waals surface area (Å²) in [6.45, 7) is 1.63. The maximum absolute atomic E-state index is 11.9. The Balaban J connectivity index is 1.72. The van der Waals surface area contributed by atoms with Gasteiger partial charge >= 0.3 is 0 Å². The molecule has 1 aromatic rings. The maximum Gasteiger partial charge on any atom is 0.220 e. The fourth-order valence-corrected chi connectivity index (χ4v) is 3.59. The average Bonchev–Trinajstić information content (AvgIpc) is 2.51. The van der Waals surface area contributed by atoms with Crippen LogP contribution in [0.5, 0.6) is 0 Å². The van der Waals surface area contributed by atoms with Crippen LogP contribution in [0.2, 0.25) is 0 Å². The predicted molar refractivity (Wildman–Crippen MR) is 84.7 cm³/mol. The number of pyridine rings is 1. The minimum absolute atomic E-state index is 0.00768. The second-order valence-electron chi connectivity index (χ2n) is 5.79. The van der Waals surface area contributed by atoms with Gasteiger partial charge in [0.05, 0.1) is 6.26 Å². The number of nitrogens with one attached hydrogen (secondary N) is 1. The number of carbonyl (C=O) groups excluding carboxylic acids is 1. The molecule has 1 saturated heterocycles. The average molecular weight is 325 g/mol. The maximum atomic E-state index is 11.9. The zero-order chi connectivity index (χ0) is 16.0. The van der Waals surface area contributed by atoms with E-state index in [1.165, 1.54) is 10.6 Å². The molecule has 1 aliphatic rings. The van der Waals surface area contributed by atoms with Gasteiger partial charge in [0.2, 0.25) is 15.9 Å². The van der Waals surface area contributed by atoms with E-state index in [1.807, 2.05) is 12.1 Å². The lowest BCUT2D eigenvalue weighted by atomic mass is 9.99. The van der Waals surface area contributed by atoms with Crippen LogP contribution in [0.4, 0.5) is 0 Å². The Hall–Kier alpha value is -1.47. The molecule has 1 N–H and O–H groups in total. The van der Waals surface area contributed by atoms with Gasteiger partial charge in [0.1, 0.15) is 0 Å². The molecule has 0 bridgehead atoms. The van der Waals surface area contributed by atoms with Crippen molar-refractivity contribution in [1.82, 2.24) is 14.6 Å². The fourth-order valence-electron chi connectivity index (χ4n) is 2.65. The van der Waals surface area contributed by atoms with E-state index < -0.39 is 10.0 Å². The number of amides is 1. The van der Waals surface area contributed by atoms with Crippen molar-refractivity contribution in [2.75, 3.05) is 25.9 Å². The van der Waals surface area contributed by atoms with Gasteiger partial charge in [-0.3, -0.25) is 9.78 Å². The molecule has 2 heterocycles. The highest BCUT2D eigenvalue weighted by Gasteiger charge is 2.25. The Morgan fingerprint density at radius 1 is 1.41 bits per heavy atom. The number of nitrogens with zero attached hydrogens (tertiary/aromatic N) is 2. The number of hydrogen-bond acceptors (Lipinski definition) is 4. The fraction of sp³-hybridized carbons (Fsp3) is 0.600. The third-order valence-corrected chi connectivity index (χ3v) is 5.20. The highest BCUT2D eigenvalue weighted by atomic mass is 32.2. The summed E-state index contributed by atoms with van der Waals surface area (Å²) in [6.07, 6.45) is 7.61. The predicted octanol–water partition coefficient (Wildman–Crippen LogP) is 0.802. The van der Waals surface area contributed by atoms with Gasteiger partial charge < -0.3 is 5.32 Å². The molecule has 0 radical (unpaired) electrons. The first-order valence-electron chi connectivity index (χ1n) is 7.56. The number of hydrogen-bond donors (Lipinski definition) is 1. The van der Waals surface area contributed by atoms with Crippen LogP contribution in [0.25, 0.3) is 0 Å². The van der Waals surface area contributed by atoms with E-state index >= 15 is 0 Å². The molecule has 6 nitrogen and oxygen atoms in total. The van der Waals surface area contributed by atoms with Crippen LogP contribution in [0.1, 0.15) is 24.8 Å². The van der Waals surface area contributed by atoms with Crippen molar-refractivity contribution in [3.63, 3.8) is 0 Å². The Bertz CT molecular complexity index is 589. The molecule has 1 aromatic heterocycles. The van der Waals surface area contributed by atoms with Crippen LogP contribution in [0.15, 0.2) is 24.5 Å². The van der Waals surface area contributed by atoms with Crippen LogP contribution in [0, 0.1) is 5.92 Å². The summed E-state index contributed by atoms with van der Waals surface area (Å²) in [5.74, 6) is 0.210. The molecule has 1 amide bonds. The van der Waals surface area contributed by atoms with Gasteiger partial charge in [0, 0.05) is 38.4 Å². The van der Waals surface area contributed by atoms with E-state index in [0.717, 1.165) is 18.4 Å². The number of rotatable bonds is 6. The molecule has 1 atom stereocenters. The largest absolute Gasteiger partial charge is 0.356 e. The van der Waals surface area contributed by atoms with Crippen molar-refractivity contribution in [2.24, 2.45) is 5.92 Å². The molecule has 1 fully saturated rings. The summed E-state index contributed by atoms with van der Waals surface area (Å²) in [7, 11) is -3.13. The number of aromatic nitrogens is 1. The van der Waals surface area contributed by atoms with E-state index in [-0.39, 0.29) is 11.8 Å². The van der Waals surface area contributed by atoms with Crippen molar-refractivity contribution in [2.45, 2.75) is 25.7 Å². The summed E-state index contributed by atoms with van der Waals surface area (Å²) in [6, 6.07) is 3.80. The van der Waals surface area contributed by atoms with E-state index in [2.05, 4.69) is 10.3 Å². The third-order valence-electron chi connectivity index (χ3n) is 3.93. The van der Waals surface area contributed by atoms with Gasteiger partial charge in [-0.05, 0) is 42.9 Å². The molecular formula is C15H23N3O3S. The van der Waals surface area contributed by atoms with Crippen LogP contribution in [0.3, 0.4) is 0 Å². The Morgan fingerprint density at radius 2 is 2.14 bits per heavy atom. The van der Waals surface area contributed by atoms with Crippen LogP contribution in [-0.4, -0.2) is 49.5 Å². The van der Waals surface area contributed by atoms with Crippen LogP contribution >= 0.6 is 0 Å². The Morgan fingerprint density at radius 3 is 2.82 bits per heavy atom. The lowest BCUT2D eigenvalue weighted by Gasteiger charge is -2.30. The van der Waals surface area contributed by atoms with E-state index in [4.69, 9.17) is 0 Å². The molecule has 0 aliphatic carbocycles. The minimum Gasteiger partial charge on any atom is -0.356 e. The number of piperidine rings is 1. The number of aryl methyl sites for hydroxylation is 1. The summed E-state index contributed by atoms with van der Waals surface area (Å²) in [5, 5.41) is 2.92.